The first-order valence-corrected chi connectivity index (χ1v) is 9.29. The van der Waals surface area contributed by atoms with Crippen LogP contribution in [0.5, 0.6) is 5.75 Å². The normalized spacial score (nSPS) is 10.7. The third-order valence-corrected chi connectivity index (χ3v) is 5.42. The van der Waals surface area contributed by atoms with Crippen LogP contribution < -0.4 is 4.74 Å². The lowest BCUT2D eigenvalue weighted by atomic mass is 10.1. The molecule has 0 N–H and O–H groups in total. The molecule has 0 aliphatic carbocycles. The van der Waals surface area contributed by atoms with Gasteiger partial charge in [-0.3, -0.25) is 4.98 Å². The van der Waals surface area contributed by atoms with Gasteiger partial charge in [0.1, 0.15) is 5.75 Å². The minimum Gasteiger partial charge on any atom is -0.497 e. The van der Waals surface area contributed by atoms with Gasteiger partial charge in [-0.25, -0.2) is 0 Å². The summed E-state index contributed by atoms with van der Waals surface area (Å²) >= 11 is 6.07. The van der Waals surface area contributed by atoms with Gasteiger partial charge in [-0.1, -0.05) is 35.9 Å². The van der Waals surface area contributed by atoms with Gasteiger partial charge in [-0.2, -0.15) is 0 Å². The average Bonchev–Trinajstić information content (AvgIpc) is 2.94. The molecule has 4 aromatic rings. The van der Waals surface area contributed by atoms with E-state index in [2.05, 4.69) is 36.6 Å². The van der Waals surface area contributed by atoms with Crippen molar-refractivity contribution in [1.29, 1.82) is 0 Å². The van der Waals surface area contributed by atoms with E-state index in [0.29, 0.717) is 0 Å². The molecule has 0 saturated carbocycles. The third kappa shape index (κ3) is 3.60. The summed E-state index contributed by atoms with van der Waals surface area (Å²) in [6.07, 6.45) is 1.89. The van der Waals surface area contributed by atoms with E-state index in [1.165, 1.54) is 22.2 Å². The van der Waals surface area contributed by atoms with Crippen molar-refractivity contribution in [2.24, 2.45) is 0 Å². The minimum absolute atomic E-state index is 0. The molecule has 0 radical (unpaired) electrons. The number of ether oxygens (including phenoxy) is 1. The van der Waals surface area contributed by atoms with Gasteiger partial charge in [-0.05, 0) is 55.3 Å². The van der Waals surface area contributed by atoms with E-state index < -0.39 is 0 Å². The number of methoxy groups -OCH3 is 1. The van der Waals surface area contributed by atoms with Gasteiger partial charge in [0.05, 0.1) is 18.3 Å². The summed E-state index contributed by atoms with van der Waals surface area (Å²) in [4.78, 5) is 4.71. The second-order valence-corrected chi connectivity index (χ2v) is 7.14. The molecule has 0 fully saturated rings. The predicted molar refractivity (Wildman–Crippen MR) is 119 cm³/mol. The van der Waals surface area contributed by atoms with Gasteiger partial charge in [-0.15, -0.1) is 12.4 Å². The topological polar surface area (TPSA) is 27.1 Å². The Bertz CT molecular complexity index is 1100. The Hall–Kier alpha value is -2.49. The monoisotopic (exact) mass is 412 g/mol. The number of hydrogen-bond donors (Lipinski definition) is 0. The molecule has 2 heterocycles. The summed E-state index contributed by atoms with van der Waals surface area (Å²) in [7, 11) is 1.69. The quantitative estimate of drug-likeness (QED) is 0.384. The molecule has 0 aliphatic rings. The second-order valence-electron chi connectivity index (χ2n) is 6.71. The molecule has 5 heteroatoms. The molecular weight excluding hydrogens is 391 g/mol. The second kappa shape index (κ2) is 8.26. The Morgan fingerprint density at radius 2 is 1.64 bits per heavy atom. The van der Waals surface area contributed by atoms with Crippen LogP contribution in [0.25, 0.3) is 22.2 Å². The number of nitrogens with zero attached hydrogens (tertiary/aromatic N) is 2. The van der Waals surface area contributed by atoms with E-state index in [-0.39, 0.29) is 12.4 Å². The van der Waals surface area contributed by atoms with E-state index in [9.17, 15) is 0 Å². The first kappa shape index (κ1) is 20.2. The lowest BCUT2D eigenvalue weighted by molar-refractivity contribution is 0.414. The Labute approximate surface area is 176 Å². The Kier molecular flexibility index (Phi) is 5.97. The van der Waals surface area contributed by atoms with E-state index >= 15 is 0 Å². The van der Waals surface area contributed by atoms with Gasteiger partial charge in [0, 0.05) is 34.4 Å². The van der Waals surface area contributed by atoms with Crippen molar-refractivity contribution in [2.45, 2.75) is 20.4 Å². The molecule has 0 spiro atoms. The minimum atomic E-state index is 0. The molecule has 144 valence electrons. The van der Waals surface area contributed by atoms with E-state index in [4.69, 9.17) is 21.3 Å². The van der Waals surface area contributed by atoms with E-state index in [1.807, 2.05) is 42.6 Å². The highest BCUT2D eigenvalue weighted by atomic mass is 35.5. The zero-order valence-corrected chi connectivity index (χ0v) is 17.6. The summed E-state index contributed by atoms with van der Waals surface area (Å²) in [6.45, 7) is 5.13. The molecule has 2 aromatic heterocycles. The molecule has 3 nitrogen and oxygen atoms in total. The van der Waals surface area contributed by atoms with Crippen molar-refractivity contribution >= 4 is 34.9 Å². The van der Waals surface area contributed by atoms with Gasteiger partial charge in [0.15, 0.2) is 0 Å². The molecule has 0 bridgehead atoms. The predicted octanol–water partition coefficient (Wildman–Crippen LogP) is 6.45. The van der Waals surface area contributed by atoms with Crippen molar-refractivity contribution in [3.63, 3.8) is 0 Å². The molecule has 28 heavy (non-hydrogen) atoms. The maximum Gasteiger partial charge on any atom is 0.118 e. The Morgan fingerprint density at radius 1 is 0.964 bits per heavy atom. The lowest BCUT2D eigenvalue weighted by Crippen LogP contribution is -2.03. The largest absolute Gasteiger partial charge is 0.497 e. The van der Waals surface area contributed by atoms with Crippen molar-refractivity contribution in [1.82, 2.24) is 9.55 Å². The van der Waals surface area contributed by atoms with E-state index in [0.717, 1.165) is 34.1 Å². The highest BCUT2D eigenvalue weighted by Gasteiger charge is 2.16. The van der Waals surface area contributed by atoms with Gasteiger partial charge in [0.25, 0.3) is 0 Å². The van der Waals surface area contributed by atoms with Crippen molar-refractivity contribution < 1.29 is 4.74 Å². The van der Waals surface area contributed by atoms with Crippen LogP contribution >= 0.6 is 24.0 Å². The molecule has 0 amide bonds. The fraction of sp³-hybridized carbons (Fsp3) is 0.174. The highest BCUT2D eigenvalue weighted by molar-refractivity contribution is 6.30. The molecule has 4 rings (SSSR count). The summed E-state index contributed by atoms with van der Waals surface area (Å²) < 4.78 is 7.63. The first-order chi connectivity index (χ1) is 13.1. The van der Waals surface area contributed by atoms with E-state index in [1.54, 1.807) is 7.11 Å². The molecule has 2 aromatic carbocycles. The number of fused-ring (bicyclic) bond motifs is 1. The summed E-state index contributed by atoms with van der Waals surface area (Å²) in [5, 5.41) is 1.97. The number of hydrogen-bond acceptors (Lipinski definition) is 2. The fourth-order valence-electron chi connectivity index (χ4n) is 3.53. The van der Waals surface area contributed by atoms with Crippen molar-refractivity contribution in [2.75, 3.05) is 7.11 Å². The zero-order valence-electron chi connectivity index (χ0n) is 16.1. The SMILES string of the molecule is COc1ccc(Cn2c(C)c(C)c3ccnc(-c4ccc(Cl)cc4)c32)cc1.Cl. The Balaban J connectivity index is 0.00000225. The Morgan fingerprint density at radius 3 is 2.29 bits per heavy atom. The van der Waals surface area contributed by atoms with Crippen molar-refractivity contribution in [3.8, 4) is 17.0 Å². The van der Waals surface area contributed by atoms with Crippen LogP contribution in [0, 0.1) is 13.8 Å². The fourth-order valence-corrected chi connectivity index (χ4v) is 3.65. The number of aryl methyl sites for hydroxylation is 1. The summed E-state index contributed by atoms with van der Waals surface area (Å²) in [6, 6.07) is 18.2. The number of halogens is 2. The molecule has 0 saturated heterocycles. The number of rotatable bonds is 4. The molecule has 0 aliphatic heterocycles. The zero-order chi connectivity index (χ0) is 19.0. The number of aromatic nitrogens is 2. The van der Waals surface area contributed by atoms with Crippen LogP contribution in [-0.2, 0) is 6.54 Å². The molecule has 0 atom stereocenters. The molecular formula is C23H22Cl2N2O. The van der Waals surface area contributed by atoms with Crippen molar-refractivity contribution in [3.05, 3.63) is 82.6 Å². The standard InChI is InChI=1S/C23H21ClN2O.ClH/c1-15-16(2)26(14-17-4-10-20(27-3)11-5-17)23-21(15)12-13-25-22(23)18-6-8-19(24)9-7-18;/h4-13H,14H2,1-3H3;1H. The number of benzene rings is 2. The van der Waals surface area contributed by atoms with Crippen LogP contribution in [0.4, 0.5) is 0 Å². The number of pyridine rings is 1. The van der Waals surface area contributed by atoms with Crippen LogP contribution in [0.1, 0.15) is 16.8 Å². The van der Waals surface area contributed by atoms with Crippen LogP contribution in [-0.4, -0.2) is 16.7 Å². The van der Waals surface area contributed by atoms with Crippen LogP contribution in [0.15, 0.2) is 60.8 Å². The van der Waals surface area contributed by atoms with Gasteiger partial charge < -0.3 is 9.30 Å². The summed E-state index contributed by atoms with van der Waals surface area (Å²) in [5.41, 5.74) is 6.97. The molecule has 0 unspecified atom stereocenters. The smallest absolute Gasteiger partial charge is 0.118 e. The highest BCUT2D eigenvalue weighted by Crippen LogP contribution is 2.33. The first-order valence-electron chi connectivity index (χ1n) is 8.91. The average molecular weight is 413 g/mol. The van der Waals surface area contributed by atoms with Crippen LogP contribution in [0.2, 0.25) is 5.02 Å². The van der Waals surface area contributed by atoms with Crippen LogP contribution in [0.3, 0.4) is 0 Å². The lowest BCUT2D eigenvalue weighted by Gasteiger charge is -2.12. The third-order valence-electron chi connectivity index (χ3n) is 5.16. The maximum absolute atomic E-state index is 6.07. The summed E-state index contributed by atoms with van der Waals surface area (Å²) in [5.74, 6) is 0.868. The van der Waals surface area contributed by atoms with Gasteiger partial charge >= 0.3 is 0 Å². The maximum atomic E-state index is 6.07. The van der Waals surface area contributed by atoms with Gasteiger partial charge in [0.2, 0.25) is 0 Å².